The summed E-state index contributed by atoms with van der Waals surface area (Å²) in [5.74, 6) is 6.80. The first kappa shape index (κ1) is 20.5. The topological polar surface area (TPSA) is 38.7 Å². The largest absolute Gasteiger partial charge is 0.377 e. The molecule has 0 aromatic carbocycles. The Morgan fingerprint density at radius 3 is 2.61 bits per heavy atom. The Hall–Kier alpha value is -0.560. The maximum absolute atomic E-state index is 10.8. The molecule has 0 aromatic rings. The molecule has 1 fully saturated rings. The van der Waals surface area contributed by atoms with Gasteiger partial charge in [-0.3, -0.25) is 0 Å². The molecule has 0 bridgehead atoms. The highest BCUT2D eigenvalue weighted by atomic mass is 16.7. The molecule has 0 amide bonds. The average Bonchev–Trinajstić information content (AvgIpc) is 2.92. The van der Waals surface area contributed by atoms with E-state index in [1.165, 1.54) is 19.3 Å². The number of aliphatic hydroxyl groups is 1. The van der Waals surface area contributed by atoms with Gasteiger partial charge in [0.05, 0.1) is 0 Å². The molecule has 3 nitrogen and oxygen atoms in total. The lowest BCUT2D eigenvalue weighted by molar-refractivity contribution is -0.107. The first-order chi connectivity index (χ1) is 11.2. The third-order valence-electron chi connectivity index (χ3n) is 5.01. The highest BCUT2D eigenvalue weighted by Crippen LogP contribution is 2.38. The van der Waals surface area contributed by atoms with E-state index in [0.717, 1.165) is 57.8 Å². The fourth-order valence-corrected chi connectivity index (χ4v) is 3.50. The SMILES string of the molecule is CCCCCCC#C[C@@]1(O)CCC[C@@H]1CCCCC(OC)OC. The highest BCUT2D eigenvalue weighted by molar-refractivity contribution is 5.18. The molecule has 1 N–H and O–H groups in total. The predicted molar refractivity (Wildman–Crippen MR) is 95.1 cm³/mol. The second-order valence-electron chi connectivity index (χ2n) is 6.81. The average molecular weight is 325 g/mol. The number of methoxy groups -OCH3 is 2. The molecular weight excluding hydrogens is 288 g/mol. The number of ether oxygens (including phenoxy) is 2. The van der Waals surface area contributed by atoms with Crippen molar-refractivity contribution in [1.29, 1.82) is 0 Å². The monoisotopic (exact) mass is 324 g/mol. The van der Waals surface area contributed by atoms with E-state index in [9.17, 15) is 5.11 Å². The van der Waals surface area contributed by atoms with E-state index in [4.69, 9.17) is 9.47 Å². The Bertz CT molecular complexity index is 354. The Morgan fingerprint density at radius 2 is 1.91 bits per heavy atom. The zero-order valence-electron chi connectivity index (χ0n) is 15.4. The van der Waals surface area contributed by atoms with Crippen LogP contribution in [0.5, 0.6) is 0 Å². The summed E-state index contributed by atoms with van der Waals surface area (Å²) in [5.41, 5.74) is -0.729. The van der Waals surface area contributed by atoms with Gasteiger partial charge in [-0.15, -0.1) is 5.92 Å². The Morgan fingerprint density at radius 1 is 1.13 bits per heavy atom. The number of rotatable bonds is 11. The van der Waals surface area contributed by atoms with Crippen LogP contribution < -0.4 is 0 Å². The summed E-state index contributed by atoms with van der Waals surface area (Å²) in [6.07, 6.45) is 13.0. The van der Waals surface area contributed by atoms with Crippen LogP contribution in [0.4, 0.5) is 0 Å². The fraction of sp³-hybridized carbons (Fsp3) is 0.900. The second-order valence-corrected chi connectivity index (χ2v) is 6.81. The van der Waals surface area contributed by atoms with Crippen molar-refractivity contribution in [2.75, 3.05) is 14.2 Å². The van der Waals surface area contributed by atoms with Gasteiger partial charge in [-0.2, -0.15) is 0 Å². The molecule has 0 unspecified atom stereocenters. The highest BCUT2D eigenvalue weighted by Gasteiger charge is 2.39. The molecule has 23 heavy (non-hydrogen) atoms. The van der Waals surface area contributed by atoms with Crippen molar-refractivity contribution in [1.82, 2.24) is 0 Å². The van der Waals surface area contributed by atoms with Crippen LogP contribution in [0, 0.1) is 17.8 Å². The normalized spacial score (nSPS) is 24.0. The molecule has 0 saturated heterocycles. The number of hydrogen-bond donors (Lipinski definition) is 1. The van der Waals surface area contributed by atoms with Crippen molar-refractivity contribution in [3.8, 4) is 11.8 Å². The van der Waals surface area contributed by atoms with Crippen molar-refractivity contribution in [3.63, 3.8) is 0 Å². The summed E-state index contributed by atoms with van der Waals surface area (Å²) in [4.78, 5) is 0. The fourth-order valence-electron chi connectivity index (χ4n) is 3.50. The molecule has 1 rings (SSSR count). The van der Waals surface area contributed by atoms with Gasteiger partial charge < -0.3 is 14.6 Å². The van der Waals surface area contributed by atoms with Crippen LogP contribution in [0.1, 0.15) is 84.0 Å². The van der Waals surface area contributed by atoms with E-state index < -0.39 is 5.60 Å². The van der Waals surface area contributed by atoms with Gasteiger partial charge in [-0.05, 0) is 50.9 Å². The second kappa shape index (κ2) is 11.9. The maximum Gasteiger partial charge on any atom is 0.156 e. The van der Waals surface area contributed by atoms with Gasteiger partial charge in [0, 0.05) is 20.6 Å². The van der Waals surface area contributed by atoms with Crippen LogP contribution in [0.2, 0.25) is 0 Å². The summed E-state index contributed by atoms with van der Waals surface area (Å²) in [6, 6.07) is 0. The maximum atomic E-state index is 10.8. The molecule has 134 valence electrons. The lowest BCUT2D eigenvalue weighted by Crippen LogP contribution is -2.31. The summed E-state index contributed by atoms with van der Waals surface area (Å²) < 4.78 is 10.4. The Balaban J connectivity index is 2.30. The zero-order valence-corrected chi connectivity index (χ0v) is 15.4. The molecule has 1 aliphatic carbocycles. The van der Waals surface area contributed by atoms with E-state index in [1.54, 1.807) is 14.2 Å². The van der Waals surface area contributed by atoms with Crippen LogP contribution >= 0.6 is 0 Å². The number of hydrogen-bond acceptors (Lipinski definition) is 3. The molecule has 0 spiro atoms. The molecule has 0 aliphatic heterocycles. The minimum absolute atomic E-state index is 0.0969. The van der Waals surface area contributed by atoms with Crippen molar-refractivity contribution in [2.45, 2.75) is 95.9 Å². The Labute approximate surface area is 143 Å². The van der Waals surface area contributed by atoms with Crippen LogP contribution in [0.15, 0.2) is 0 Å². The lowest BCUT2D eigenvalue weighted by Gasteiger charge is -2.25. The van der Waals surface area contributed by atoms with Crippen molar-refractivity contribution in [2.24, 2.45) is 5.92 Å². The van der Waals surface area contributed by atoms with E-state index in [-0.39, 0.29) is 6.29 Å². The molecule has 1 saturated carbocycles. The minimum atomic E-state index is -0.729. The van der Waals surface area contributed by atoms with Gasteiger partial charge in [-0.1, -0.05) is 38.5 Å². The standard InChI is InChI=1S/C20H36O3/c1-4-5-6-7-8-11-16-20(21)17-12-14-18(20)13-9-10-15-19(22-2)23-3/h18-19,21H,4-10,12-15,17H2,1-3H3/t18-,20+/m0/s1. The first-order valence-electron chi connectivity index (χ1n) is 9.44. The molecule has 1 aliphatic rings. The van der Waals surface area contributed by atoms with Gasteiger partial charge in [0.15, 0.2) is 6.29 Å². The lowest BCUT2D eigenvalue weighted by atomic mass is 9.87. The van der Waals surface area contributed by atoms with Crippen molar-refractivity contribution in [3.05, 3.63) is 0 Å². The number of unbranched alkanes of at least 4 members (excludes halogenated alkanes) is 5. The smallest absolute Gasteiger partial charge is 0.156 e. The predicted octanol–water partition coefficient (Wildman–Crippen LogP) is 4.67. The third-order valence-corrected chi connectivity index (χ3v) is 5.01. The van der Waals surface area contributed by atoms with E-state index in [2.05, 4.69) is 18.8 Å². The molecule has 0 radical (unpaired) electrons. The van der Waals surface area contributed by atoms with Crippen LogP contribution in [-0.4, -0.2) is 31.2 Å². The molecule has 0 aromatic heterocycles. The van der Waals surface area contributed by atoms with Crippen LogP contribution in [-0.2, 0) is 9.47 Å². The van der Waals surface area contributed by atoms with Gasteiger partial charge >= 0.3 is 0 Å². The van der Waals surface area contributed by atoms with E-state index >= 15 is 0 Å². The van der Waals surface area contributed by atoms with Crippen LogP contribution in [0.25, 0.3) is 0 Å². The van der Waals surface area contributed by atoms with Crippen molar-refractivity contribution < 1.29 is 14.6 Å². The zero-order chi connectivity index (χ0) is 17.0. The summed E-state index contributed by atoms with van der Waals surface area (Å²) in [5, 5.41) is 10.8. The van der Waals surface area contributed by atoms with Gasteiger partial charge in [0.2, 0.25) is 0 Å². The minimum Gasteiger partial charge on any atom is -0.377 e. The summed E-state index contributed by atoms with van der Waals surface area (Å²) >= 11 is 0. The summed E-state index contributed by atoms with van der Waals surface area (Å²) in [6.45, 7) is 2.22. The van der Waals surface area contributed by atoms with E-state index in [0.29, 0.717) is 5.92 Å². The Kier molecular flexibility index (Phi) is 10.6. The van der Waals surface area contributed by atoms with Gasteiger partial charge in [-0.25, -0.2) is 0 Å². The quantitative estimate of drug-likeness (QED) is 0.341. The van der Waals surface area contributed by atoms with Gasteiger partial charge in [0.1, 0.15) is 5.60 Å². The molecular formula is C20H36O3. The molecule has 2 atom stereocenters. The molecule has 0 heterocycles. The molecule has 3 heteroatoms. The first-order valence-corrected chi connectivity index (χ1v) is 9.44. The van der Waals surface area contributed by atoms with E-state index in [1.807, 2.05) is 0 Å². The summed E-state index contributed by atoms with van der Waals surface area (Å²) in [7, 11) is 3.36. The third kappa shape index (κ3) is 7.70. The van der Waals surface area contributed by atoms with Crippen molar-refractivity contribution >= 4 is 0 Å². The van der Waals surface area contributed by atoms with Crippen LogP contribution in [0.3, 0.4) is 0 Å². The van der Waals surface area contributed by atoms with Gasteiger partial charge in [0.25, 0.3) is 0 Å².